The molecule has 1 aromatic heterocycles. The van der Waals surface area contributed by atoms with E-state index in [1.54, 1.807) is 0 Å². The Labute approximate surface area is 123 Å². The molecule has 0 N–H and O–H groups in total. The molecule has 0 aliphatic carbocycles. The molecular formula is C14H10F3N3O2. The van der Waals surface area contributed by atoms with E-state index >= 15 is 0 Å². The number of ether oxygens (including phenoxy) is 1. The van der Waals surface area contributed by atoms with Crippen molar-refractivity contribution >= 4 is 5.90 Å². The summed E-state index contributed by atoms with van der Waals surface area (Å²) in [7, 11) is 0. The maximum atomic E-state index is 12.5. The summed E-state index contributed by atoms with van der Waals surface area (Å²) in [5, 5.41) is 3.78. The first-order valence-electron chi connectivity index (χ1n) is 6.35. The normalized spacial score (nSPS) is 17.8. The van der Waals surface area contributed by atoms with Crippen LogP contribution in [0.5, 0.6) is 5.75 Å². The second-order valence-corrected chi connectivity index (χ2v) is 4.58. The molecule has 0 saturated carbocycles. The van der Waals surface area contributed by atoms with Gasteiger partial charge < -0.3 is 9.57 Å². The summed E-state index contributed by atoms with van der Waals surface area (Å²) >= 11 is 0. The highest BCUT2D eigenvalue weighted by Gasteiger charge is 2.31. The summed E-state index contributed by atoms with van der Waals surface area (Å²) in [6.45, 7) is 0. The number of alkyl halides is 3. The average molecular weight is 309 g/mol. The van der Waals surface area contributed by atoms with Crippen molar-refractivity contribution in [1.82, 2.24) is 9.97 Å². The van der Waals surface area contributed by atoms with Crippen LogP contribution in [0.2, 0.25) is 0 Å². The lowest BCUT2D eigenvalue weighted by Crippen LogP contribution is -2.08. The summed E-state index contributed by atoms with van der Waals surface area (Å²) in [6.07, 6.45) is -0.193. The molecule has 0 bridgehead atoms. The van der Waals surface area contributed by atoms with Gasteiger partial charge in [0.1, 0.15) is 6.33 Å². The first kappa shape index (κ1) is 14.3. The van der Waals surface area contributed by atoms with Crippen molar-refractivity contribution in [3.63, 3.8) is 0 Å². The average Bonchev–Trinajstić information content (AvgIpc) is 2.96. The second kappa shape index (κ2) is 5.63. The summed E-state index contributed by atoms with van der Waals surface area (Å²) in [6, 6.07) is 4.78. The van der Waals surface area contributed by atoms with Crippen LogP contribution in [0.1, 0.15) is 23.7 Å². The summed E-state index contributed by atoms with van der Waals surface area (Å²) in [5.74, 6) is 0.734. The Hall–Kier alpha value is -2.64. The Morgan fingerprint density at radius 2 is 1.77 bits per heavy atom. The predicted molar refractivity (Wildman–Crippen MR) is 70.0 cm³/mol. The predicted octanol–water partition coefficient (Wildman–Crippen LogP) is 3.35. The number of benzene rings is 1. The number of rotatable bonds is 2. The zero-order chi connectivity index (χ0) is 15.6. The van der Waals surface area contributed by atoms with Crippen LogP contribution in [0.4, 0.5) is 13.2 Å². The van der Waals surface area contributed by atoms with E-state index in [0.29, 0.717) is 23.6 Å². The zero-order valence-corrected chi connectivity index (χ0v) is 11.1. The fourth-order valence-corrected chi connectivity index (χ4v) is 1.96. The zero-order valence-electron chi connectivity index (χ0n) is 11.1. The Morgan fingerprint density at radius 3 is 2.41 bits per heavy atom. The van der Waals surface area contributed by atoms with Crippen molar-refractivity contribution in [3.8, 4) is 5.75 Å². The highest BCUT2D eigenvalue weighted by atomic mass is 19.4. The minimum Gasteiger partial charge on any atom is -0.436 e. The van der Waals surface area contributed by atoms with Gasteiger partial charge in [-0.25, -0.2) is 9.97 Å². The van der Waals surface area contributed by atoms with Gasteiger partial charge in [0, 0.05) is 0 Å². The van der Waals surface area contributed by atoms with E-state index < -0.39 is 17.8 Å². The van der Waals surface area contributed by atoms with Crippen LogP contribution < -0.4 is 4.74 Å². The van der Waals surface area contributed by atoms with Crippen molar-refractivity contribution in [2.45, 2.75) is 18.7 Å². The lowest BCUT2D eigenvalue weighted by molar-refractivity contribution is -0.137. The SMILES string of the molecule is FC(F)(F)c1ccc([C@@H]2CC(Oc3cncnc3)=NO2)cc1. The minimum absolute atomic E-state index is 0.319. The summed E-state index contributed by atoms with van der Waals surface area (Å²) < 4.78 is 43.0. The molecule has 1 aliphatic heterocycles. The van der Waals surface area contributed by atoms with E-state index in [0.717, 1.165) is 12.1 Å². The number of nitrogens with zero attached hydrogens (tertiary/aromatic N) is 3. The molecule has 3 rings (SSSR count). The molecule has 0 saturated heterocycles. The van der Waals surface area contributed by atoms with Gasteiger partial charge >= 0.3 is 6.18 Å². The molecule has 22 heavy (non-hydrogen) atoms. The molecule has 1 aliphatic rings. The Bertz CT molecular complexity index is 672. The smallest absolute Gasteiger partial charge is 0.416 e. The van der Waals surface area contributed by atoms with E-state index in [4.69, 9.17) is 9.57 Å². The van der Waals surface area contributed by atoms with Gasteiger partial charge in [-0.3, -0.25) is 0 Å². The first-order chi connectivity index (χ1) is 10.5. The molecule has 114 valence electrons. The molecule has 0 spiro atoms. The van der Waals surface area contributed by atoms with E-state index in [-0.39, 0.29) is 0 Å². The first-order valence-corrected chi connectivity index (χ1v) is 6.35. The van der Waals surface area contributed by atoms with Crippen molar-refractivity contribution < 1.29 is 22.7 Å². The number of halogens is 3. The quantitative estimate of drug-likeness (QED) is 0.853. The van der Waals surface area contributed by atoms with Crippen LogP contribution in [0, 0.1) is 0 Å². The van der Waals surface area contributed by atoms with Gasteiger partial charge in [0.2, 0.25) is 5.90 Å². The highest BCUT2D eigenvalue weighted by Crippen LogP contribution is 2.32. The topological polar surface area (TPSA) is 56.6 Å². The second-order valence-electron chi connectivity index (χ2n) is 4.58. The van der Waals surface area contributed by atoms with Gasteiger partial charge in [0.05, 0.1) is 24.4 Å². The van der Waals surface area contributed by atoms with Gasteiger partial charge in [-0.15, -0.1) is 0 Å². The Balaban J connectivity index is 1.64. The molecule has 8 heteroatoms. The third-order valence-corrected chi connectivity index (χ3v) is 3.02. The molecule has 0 unspecified atom stereocenters. The van der Waals surface area contributed by atoms with Crippen molar-refractivity contribution in [3.05, 3.63) is 54.1 Å². The van der Waals surface area contributed by atoms with Crippen molar-refractivity contribution in [2.75, 3.05) is 0 Å². The molecule has 2 aromatic rings. The lowest BCUT2D eigenvalue weighted by Gasteiger charge is -2.10. The van der Waals surface area contributed by atoms with Gasteiger partial charge in [-0.05, 0) is 17.7 Å². The lowest BCUT2D eigenvalue weighted by atomic mass is 10.0. The molecule has 0 amide bonds. The minimum atomic E-state index is -4.35. The molecule has 5 nitrogen and oxygen atoms in total. The van der Waals surface area contributed by atoms with Crippen LogP contribution in [-0.2, 0) is 11.0 Å². The summed E-state index contributed by atoms with van der Waals surface area (Å²) in [5.41, 5.74) is -0.104. The van der Waals surface area contributed by atoms with E-state index in [9.17, 15) is 13.2 Å². The Morgan fingerprint density at radius 1 is 1.09 bits per heavy atom. The van der Waals surface area contributed by atoms with Crippen molar-refractivity contribution in [2.24, 2.45) is 5.16 Å². The van der Waals surface area contributed by atoms with Crippen molar-refractivity contribution in [1.29, 1.82) is 0 Å². The maximum Gasteiger partial charge on any atom is 0.416 e. The van der Waals surface area contributed by atoms with Crippen LogP contribution in [0.3, 0.4) is 0 Å². The number of aromatic nitrogens is 2. The van der Waals surface area contributed by atoms with Gasteiger partial charge in [0.15, 0.2) is 11.9 Å². The van der Waals surface area contributed by atoms with Crippen LogP contribution in [0.25, 0.3) is 0 Å². The van der Waals surface area contributed by atoms with Crippen LogP contribution in [-0.4, -0.2) is 15.9 Å². The molecule has 2 heterocycles. The maximum absolute atomic E-state index is 12.5. The third kappa shape index (κ3) is 3.16. The molecule has 1 atom stereocenters. The molecule has 0 radical (unpaired) electrons. The number of oxime groups is 1. The number of hydrogen-bond acceptors (Lipinski definition) is 5. The molecular weight excluding hydrogens is 299 g/mol. The molecule has 1 aromatic carbocycles. The monoisotopic (exact) mass is 309 g/mol. The highest BCUT2D eigenvalue weighted by molar-refractivity contribution is 5.79. The Kier molecular flexibility index (Phi) is 3.66. The number of hydrogen-bond donors (Lipinski definition) is 0. The third-order valence-electron chi connectivity index (χ3n) is 3.02. The van der Waals surface area contributed by atoms with Crippen LogP contribution >= 0.6 is 0 Å². The van der Waals surface area contributed by atoms with Crippen LogP contribution in [0.15, 0.2) is 48.1 Å². The van der Waals surface area contributed by atoms with Gasteiger partial charge in [0.25, 0.3) is 0 Å². The standard InChI is InChI=1S/C14H10F3N3O2/c15-14(16,17)10-3-1-9(2-4-10)12-5-13(20-22-12)21-11-6-18-8-19-7-11/h1-4,6-8,12H,5H2/t12-/m0/s1. The van der Waals surface area contributed by atoms with E-state index in [1.807, 2.05) is 0 Å². The fourth-order valence-electron chi connectivity index (χ4n) is 1.96. The van der Waals surface area contributed by atoms with Gasteiger partial charge in [-0.1, -0.05) is 17.3 Å². The van der Waals surface area contributed by atoms with Gasteiger partial charge in [-0.2, -0.15) is 13.2 Å². The van der Waals surface area contributed by atoms with E-state index in [1.165, 1.54) is 30.9 Å². The largest absolute Gasteiger partial charge is 0.436 e. The molecule has 0 fully saturated rings. The van der Waals surface area contributed by atoms with E-state index in [2.05, 4.69) is 15.1 Å². The fraction of sp³-hybridized carbons (Fsp3) is 0.214. The summed E-state index contributed by atoms with van der Waals surface area (Å²) in [4.78, 5) is 12.8.